The first-order valence-corrected chi connectivity index (χ1v) is 10.5. The maximum Gasteiger partial charge on any atom is 0.126 e. The van der Waals surface area contributed by atoms with Gasteiger partial charge < -0.3 is 19.9 Å². The van der Waals surface area contributed by atoms with Gasteiger partial charge in [-0.2, -0.15) is 5.26 Å². The highest BCUT2D eigenvalue weighted by Crippen LogP contribution is 2.34. The van der Waals surface area contributed by atoms with Gasteiger partial charge in [0.15, 0.2) is 0 Å². The summed E-state index contributed by atoms with van der Waals surface area (Å²) in [6.45, 7) is 4.14. The minimum Gasteiger partial charge on any atom is -0.508 e. The van der Waals surface area contributed by atoms with Crippen molar-refractivity contribution in [2.24, 2.45) is 0 Å². The molecular formula is C22H25ClN4O3. The van der Waals surface area contributed by atoms with Gasteiger partial charge in [0.05, 0.1) is 24.9 Å². The normalized spacial score (nSPS) is 24.5. The van der Waals surface area contributed by atoms with Crippen molar-refractivity contribution in [3.63, 3.8) is 0 Å². The number of phenols is 1. The molecule has 2 atom stereocenters. The molecule has 0 saturated carbocycles. The van der Waals surface area contributed by atoms with E-state index in [9.17, 15) is 5.11 Å². The number of aromatic nitrogens is 1. The highest BCUT2D eigenvalue weighted by molar-refractivity contribution is 6.30. The van der Waals surface area contributed by atoms with E-state index in [2.05, 4.69) is 21.3 Å². The Bertz CT molecular complexity index is 897. The van der Waals surface area contributed by atoms with E-state index in [1.807, 2.05) is 6.07 Å². The van der Waals surface area contributed by atoms with Gasteiger partial charge in [-0.3, -0.25) is 4.90 Å². The summed E-state index contributed by atoms with van der Waals surface area (Å²) in [6.07, 6.45) is 3.50. The predicted octanol–water partition coefficient (Wildman–Crippen LogP) is 3.17. The van der Waals surface area contributed by atoms with Crippen LogP contribution in [0.3, 0.4) is 0 Å². The smallest absolute Gasteiger partial charge is 0.126 e. The van der Waals surface area contributed by atoms with Crippen LogP contribution in [0.15, 0.2) is 36.5 Å². The summed E-state index contributed by atoms with van der Waals surface area (Å²) in [5.74, 6) is 0.913. The van der Waals surface area contributed by atoms with Gasteiger partial charge in [-0.15, -0.1) is 0 Å². The number of anilines is 1. The summed E-state index contributed by atoms with van der Waals surface area (Å²) in [7, 11) is 0. The Hall–Kier alpha value is -2.37. The topological polar surface area (TPSA) is 90.6 Å². The van der Waals surface area contributed by atoms with Gasteiger partial charge in [-0.05, 0) is 48.7 Å². The number of pyridine rings is 1. The third-order valence-corrected chi connectivity index (χ3v) is 5.74. The molecule has 2 aromatic rings. The van der Waals surface area contributed by atoms with Crippen LogP contribution in [0.25, 0.3) is 0 Å². The van der Waals surface area contributed by atoms with Gasteiger partial charge in [0.1, 0.15) is 23.2 Å². The van der Waals surface area contributed by atoms with E-state index < -0.39 is 0 Å². The molecule has 2 N–H and O–H groups in total. The van der Waals surface area contributed by atoms with Crippen molar-refractivity contribution < 1.29 is 14.6 Å². The molecule has 30 heavy (non-hydrogen) atoms. The van der Waals surface area contributed by atoms with Crippen LogP contribution in [-0.2, 0) is 16.0 Å². The largest absolute Gasteiger partial charge is 0.508 e. The van der Waals surface area contributed by atoms with Crippen molar-refractivity contribution in [1.82, 2.24) is 9.88 Å². The van der Waals surface area contributed by atoms with Crippen LogP contribution in [-0.4, -0.2) is 59.5 Å². The third kappa shape index (κ3) is 5.21. The quantitative estimate of drug-likeness (QED) is 0.755. The molecule has 0 amide bonds. The van der Waals surface area contributed by atoms with Crippen LogP contribution in [0.1, 0.15) is 24.0 Å². The van der Waals surface area contributed by atoms with Crippen molar-refractivity contribution >= 4 is 17.4 Å². The van der Waals surface area contributed by atoms with Gasteiger partial charge in [-0.25, -0.2) is 4.98 Å². The molecule has 2 fully saturated rings. The second-order valence-electron chi connectivity index (χ2n) is 7.97. The molecule has 0 bridgehead atoms. The van der Waals surface area contributed by atoms with Crippen LogP contribution in [0.4, 0.5) is 5.82 Å². The molecule has 0 unspecified atom stereocenters. The number of hydrogen-bond acceptors (Lipinski definition) is 7. The van der Waals surface area contributed by atoms with Crippen LogP contribution in [0, 0.1) is 11.3 Å². The van der Waals surface area contributed by atoms with E-state index in [1.54, 1.807) is 30.5 Å². The predicted molar refractivity (Wildman–Crippen MR) is 113 cm³/mol. The number of rotatable bonds is 5. The van der Waals surface area contributed by atoms with Gasteiger partial charge in [-0.1, -0.05) is 11.6 Å². The monoisotopic (exact) mass is 428 g/mol. The molecule has 158 valence electrons. The van der Waals surface area contributed by atoms with E-state index in [1.165, 1.54) is 0 Å². The average molecular weight is 429 g/mol. The molecule has 4 rings (SSSR count). The summed E-state index contributed by atoms with van der Waals surface area (Å²) in [6, 6.07) is 10.8. The van der Waals surface area contributed by atoms with Crippen LogP contribution in [0.2, 0.25) is 5.02 Å². The minimum absolute atomic E-state index is 0.0706. The van der Waals surface area contributed by atoms with Gasteiger partial charge in [0.25, 0.3) is 0 Å². The second-order valence-corrected chi connectivity index (χ2v) is 8.40. The van der Waals surface area contributed by atoms with Gasteiger partial charge in [0.2, 0.25) is 0 Å². The lowest BCUT2D eigenvalue weighted by molar-refractivity contribution is -0.0826. The van der Waals surface area contributed by atoms with Crippen LogP contribution >= 0.6 is 11.6 Å². The molecule has 1 aromatic carbocycles. The number of aromatic hydroxyl groups is 1. The molecule has 0 radical (unpaired) electrons. The number of nitrogens with zero attached hydrogens (tertiary/aromatic N) is 3. The maximum absolute atomic E-state index is 9.82. The molecule has 0 aliphatic carbocycles. The first kappa shape index (κ1) is 20.9. The Labute approximate surface area is 181 Å². The number of ether oxygens (including phenoxy) is 2. The highest BCUT2D eigenvalue weighted by Gasteiger charge is 2.43. The molecular weight excluding hydrogens is 404 g/mol. The molecule has 2 aliphatic rings. The van der Waals surface area contributed by atoms with Crippen LogP contribution in [0.5, 0.6) is 5.75 Å². The van der Waals surface area contributed by atoms with Gasteiger partial charge >= 0.3 is 0 Å². The van der Waals surface area contributed by atoms with E-state index in [0.29, 0.717) is 36.9 Å². The molecule has 1 aromatic heterocycles. The fourth-order valence-corrected chi connectivity index (χ4v) is 4.40. The molecule has 3 heterocycles. The zero-order valence-corrected chi connectivity index (χ0v) is 17.4. The Morgan fingerprint density at radius 2 is 2.27 bits per heavy atom. The summed E-state index contributed by atoms with van der Waals surface area (Å²) in [4.78, 5) is 6.55. The summed E-state index contributed by atoms with van der Waals surface area (Å²) in [5, 5.41) is 22.5. The standard InChI is InChI=1S/C22H25ClN4O3/c23-18-7-17(8-19(28)9-18)13-27-5-6-29-15-22(14-27)4-3-20(30-22)12-26-21-2-1-16(10-24)11-25-21/h1-2,7-9,11,20,28H,3-6,12-15H2,(H,25,26)/t20-,22+/m0/s1. The zero-order valence-electron chi connectivity index (χ0n) is 16.7. The Balaban J connectivity index is 1.35. The van der Waals surface area contributed by atoms with Crippen LogP contribution < -0.4 is 5.32 Å². The lowest BCUT2D eigenvalue weighted by Crippen LogP contribution is -2.44. The van der Waals surface area contributed by atoms with Crippen molar-refractivity contribution in [3.8, 4) is 11.8 Å². The number of hydrogen-bond donors (Lipinski definition) is 2. The SMILES string of the molecule is N#Cc1ccc(NC[C@@H]2CC[C@@]3(COCCN(Cc4cc(O)cc(Cl)c4)C3)O2)nc1. The van der Waals surface area contributed by atoms with Crippen molar-refractivity contribution in [2.45, 2.75) is 31.1 Å². The summed E-state index contributed by atoms with van der Waals surface area (Å²) < 4.78 is 12.3. The van der Waals surface area contributed by atoms with E-state index >= 15 is 0 Å². The second kappa shape index (κ2) is 9.19. The summed E-state index contributed by atoms with van der Waals surface area (Å²) in [5.41, 5.74) is 1.18. The maximum atomic E-state index is 9.82. The van der Waals surface area contributed by atoms with Crippen molar-refractivity contribution in [1.29, 1.82) is 5.26 Å². The van der Waals surface area contributed by atoms with Crippen molar-refractivity contribution in [2.75, 3.05) is 38.2 Å². The molecule has 2 aliphatic heterocycles. The Kier molecular flexibility index (Phi) is 6.40. The molecule has 8 heteroatoms. The lowest BCUT2D eigenvalue weighted by atomic mass is 9.99. The van der Waals surface area contributed by atoms with E-state index in [0.717, 1.165) is 37.3 Å². The number of nitriles is 1. The fraction of sp³-hybridized carbons (Fsp3) is 0.455. The van der Waals surface area contributed by atoms with E-state index in [-0.39, 0.29) is 17.5 Å². The molecule has 1 spiro atoms. The summed E-state index contributed by atoms with van der Waals surface area (Å²) >= 11 is 6.09. The van der Waals surface area contributed by atoms with Crippen molar-refractivity contribution in [3.05, 3.63) is 52.7 Å². The first-order chi connectivity index (χ1) is 14.5. The van der Waals surface area contributed by atoms with Gasteiger partial charge in [0, 0.05) is 37.4 Å². The average Bonchev–Trinajstić information content (AvgIpc) is 3.01. The molecule has 2 saturated heterocycles. The lowest BCUT2D eigenvalue weighted by Gasteiger charge is -2.32. The highest BCUT2D eigenvalue weighted by atomic mass is 35.5. The van der Waals surface area contributed by atoms with E-state index in [4.69, 9.17) is 26.3 Å². The molecule has 7 nitrogen and oxygen atoms in total. The Morgan fingerprint density at radius 1 is 1.37 bits per heavy atom. The third-order valence-electron chi connectivity index (χ3n) is 5.52. The zero-order chi connectivity index (χ0) is 21.0. The number of nitrogens with one attached hydrogen (secondary N) is 1. The fourth-order valence-electron chi connectivity index (χ4n) is 4.15. The Morgan fingerprint density at radius 3 is 3.03 bits per heavy atom. The number of benzene rings is 1. The first-order valence-electron chi connectivity index (χ1n) is 10.1. The number of halogens is 1. The number of phenolic OH excluding ortho intramolecular Hbond substituents is 1. The minimum atomic E-state index is -0.332.